The van der Waals surface area contributed by atoms with Crippen LogP contribution in [0.1, 0.15) is 12.8 Å². The summed E-state index contributed by atoms with van der Waals surface area (Å²) in [6.07, 6.45) is 5.68. The van der Waals surface area contributed by atoms with Crippen molar-refractivity contribution in [3.63, 3.8) is 0 Å². The molecule has 1 saturated heterocycles. The van der Waals surface area contributed by atoms with Gasteiger partial charge in [-0.05, 0) is 43.7 Å². The Labute approximate surface area is 168 Å². The Hall–Kier alpha value is -2.45. The monoisotopic (exact) mass is 399 g/mol. The average Bonchev–Trinajstić information content (AvgIpc) is 3.07. The molecule has 148 valence electrons. The number of methoxy groups -OCH3 is 1. The summed E-state index contributed by atoms with van der Waals surface area (Å²) in [4.78, 5) is 25.9. The third-order valence-electron chi connectivity index (χ3n) is 5.15. The minimum Gasteiger partial charge on any atom is -0.497 e. The Morgan fingerprint density at radius 2 is 1.82 bits per heavy atom. The first-order valence-electron chi connectivity index (χ1n) is 9.67. The molecule has 0 atom stereocenters. The van der Waals surface area contributed by atoms with Crippen LogP contribution in [0, 0.1) is 0 Å². The highest BCUT2D eigenvalue weighted by molar-refractivity contribution is 7.13. The zero-order valence-electron chi connectivity index (χ0n) is 16.1. The van der Waals surface area contributed by atoms with Crippen LogP contribution in [0.5, 0.6) is 5.75 Å². The Morgan fingerprint density at radius 1 is 1.07 bits per heavy atom. The lowest BCUT2D eigenvalue weighted by molar-refractivity contribution is 0.250. The van der Waals surface area contributed by atoms with Crippen molar-refractivity contribution in [2.45, 2.75) is 19.4 Å². The van der Waals surface area contributed by atoms with E-state index in [1.54, 1.807) is 31.0 Å². The molecule has 1 aliphatic rings. The summed E-state index contributed by atoms with van der Waals surface area (Å²) >= 11 is 1.54. The number of anilines is 1. The van der Waals surface area contributed by atoms with Gasteiger partial charge in [-0.15, -0.1) is 0 Å². The highest BCUT2D eigenvalue weighted by atomic mass is 32.1. The van der Waals surface area contributed by atoms with Gasteiger partial charge in [0.1, 0.15) is 5.75 Å². The van der Waals surface area contributed by atoms with Crippen LogP contribution in [0.2, 0.25) is 0 Å². The van der Waals surface area contributed by atoms with E-state index in [0.717, 1.165) is 73.9 Å². The third-order valence-corrected chi connectivity index (χ3v) is 6.27. The van der Waals surface area contributed by atoms with Crippen molar-refractivity contribution < 1.29 is 4.74 Å². The van der Waals surface area contributed by atoms with E-state index < -0.39 is 0 Å². The van der Waals surface area contributed by atoms with Gasteiger partial charge in [0.2, 0.25) is 5.95 Å². The van der Waals surface area contributed by atoms with Crippen molar-refractivity contribution in [1.82, 2.24) is 18.8 Å². The van der Waals surface area contributed by atoms with Gasteiger partial charge in [-0.3, -0.25) is 13.7 Å². The van der Waals surface area contributed by atoms with Crippen LogP contribution in [-0.4, -0.2) is 58.7 Å². The van der Waals surface area contributed by atoms with Gasteiger partial charge in [0.05, 0.1) is 17.2 Å². The molecule has 0 radical (unpaired) electrons. The summed E-state index contributed by atoms with van der Waals surface area (Å²) in [6, 6.07) is 7.55. The van der Waals surface area contributed by atoms with E-state index in [9.17, 15) is 4.79 Å². The molecule has 2 aromatic heterocycles. The highest BCUT2D eigenvalue weighted by Crippen LogP contribution is 2.22. The molecule has 0 saturated carbocycles. The maximum Gasteiger partial charge on any atom is 0.268 e. The normalized spacial score (nSPS) is 15.2. The van der Waals surface area contributed by atoms with E-state index in [1.807, 2.05) is 28.2 Å². The topological polar surface area (TPSA) is 63.5 Å². The fraction of sp³-hybridized carbons (Fsp3) is 0.450. The van der Waals surface area contributed by atoms with E-state index in [2.05, 4.69) is 19.8 Å². The molecule has 3 heterocycles. The molecule has 4 rings (SSSR count). The molecule has 0 aliphatic carbocycles. The Kier molecular flexibility index (Phi) is 5.87. The number of ether oxygens (including phenoxy) is 1. The summed E-state index contributed by atoms with van der Waals surface area (Å²) in [5.41, 5.74) is 0.0929. The molecular formula is C20H25N5O2S. The smallest absolute Gasteiger partial charge is 0.268 e. The van der Waals surface area contributed by atoms with Crippen LogP contribution in [0.4, 0.5) is 5.95 Å². The van der Waals surface area contributed by atoms with Crippen LogP contribution in [-0.2, 0) is 6.54 Å². The van der Waals surface area contributed by atoms with E-state index >= 15 is 0 Å². The standard InChI is InChI=1S/C20H25N5O2S/c1-27-16-5-6-18-17(15-16)19(26)25(28-18)10-3-2-9-23-11-13-24(14-12-23)20-21-7-4-8-22-20/h4-8,15H,2-3,9-14H2,1H3. The largest absolute Gasteiger partial charge is 0.497 e. The van der Waals surface area contributed by atoms with Gasteiger partial charge in [-0.1, -0.05) is 11.5 Å². The zero-order valence-corrected chi connectivity index (χ0v) is 16.9. The fourth-order valence-electron chi connectivity index (χ4n) is 3.54. The van der Waals surface area contributed by atoms with E-state index in [1.165, 1.54) is 0 Å². The lowest BCUT2D eigenvalue weighted by atomic mass is 10.2. The van der Waals surface area contributed by atoms with Gasteiger partial charge < -0.3 is 9.64 Å². The van der Waals surface area contributed by atoms with Crippen LogP contribution < -0.4 is 15.2 Å². The predicted octanol–water partition coefficient (Wildman–Crippen LogP) is 2.46. The minimum absolute atomic E-state index is 0.0929. The second-order valence-corrected chi connectivity index (χ2v) is 8.01. The minimum atomic E-state index is 0.0929. The molecule has 1 fully saturated rings. The number of hydrogen-bond acceptors (Lipinski definition) is 7. The molecule has 3 aromatic rings. The number of rotatable bonds is 7. The first kappa shape index (κ1) is 18.9. The summed E-state index contributed by atoms with van der Waals surface area (Å²) in [6.45, 7) is 5.82. The van der Waals surface area contributed by atoms with Gasteiger partial charge >= 0.3 is 0 Å². The molecule has 0 N–H and O–H groups in total. The van der Waals surface area contributed by atoms with Crippen LogP contribution in [0.15, 0.2) is 41.5 Å². The lowest BCUT2D eigenvalue weighted by Gasteiger charge is -2.34. The second-order valence-electron chi connectivity index (χ2n) is 6.95. The van der Waals surface area contributed by atoms with Crippen LogP contribution in [0.25, 0.3) is 10.1 Å². The molecule has 0 bridgehead atoms. The van der Waals surface area contributed by atoms with Crippen molar-refractivity contribution in [2.75, 3.05) is 44.7 Å². The number of benzene rings is 1. The summed E-state index contributed by atoms with van der Waals surface area (Å²) in [7, 11) is 1.62. The van der Waals surface area contributed by atoms with Crippen molar-refractivity contribution in [3.8, 4) is 5.75 Å². The van der Waals surface area contributed by atoms with Gasteiger partial charge in [0.15, 0.2) is 0 Å². The van der Waals surface area contributed by atoms with Crippen molar-refractivity contribution in [1.29, 1.82) is 0 Å². The van der Waals surface area contributed by atoms with E-state index in [-0.39, 0.29) is 5.56 Å². The number of unbranched alkanes of at least 4 members (excludes halogenated alkanes) is 1. The maximum absolute atomic E-state index is 12.6. The molecule has 0 unspecified atom stereocenters. The summed E-state index contributed by atoms with van der Waals surface area (Å²) < 4.78 is 8.12. The van der Waals surface area contributed by atoms with Gasteiger partial charge in [0, 0.05) is 45.1 Å². The Morgan fingerprint density at radius 3 is 2.57 bits per heavy atom. The maximum atomic E-state index is 12.6. The number of aromatic nitrogens is 3. The first-order chi connectivity index (χ1) is 13.7. The molecule has 8 heteroatoms. The number of fused-ring (bicyclic) bond motifs is 1. The molecule has 1 aromatic carbocycles. The summed E-state index contributed by atoms with van der Waals surface area (Å²) in [5.74, 6) is 1.55. The Balaban J connectivity index is 1.24. The quantitative estimate of drug-likeness (QED) is 0.569. The molecule has 0 spiro atoms. The van der Waals surface area contributed by atoms with Gasteiger partial charge in [-0.25, -0.2) is 9.97 Å². The van der Waals surface area contributed by atoms with E-state index in [4.69, 9.17) is 4.74 Å². The number of nitrogens with zero attached hydrogens (tertiary/aromatic N) is 5. The molecule has 28 heavy (non-hydrogen) atoms. The summed E-state index contributed by atoms with van der Waals surface area (Å²) in [5, 5.41) is 0.753. The third kappa shape index (κ3) is 4.18. The number of piperazine rings is 1. The first-order valence-corrected chi connectivity index (χ1v) is 10.4. The van der Waals surface area contributed by atoms with Gasteiger partial charge in [-0.2, -0.15) is 0 Å². The van der Waals surface area contributed by atoms with Crippen LogP contribution >= 0.6 is 11.5 Å². The molecular weight excluding hydrogens is 374 g/mol. The van der Waals surface area contributed by atoms with Crippen molar-refractivity contribution in [3.05, 3.63) is 47.0 Å². The predicted molar refractivity (Wildman–Crippen MR) is 113 cm³/mol. The molecule has 1 aliphatic heterocycles. The zero-order chi connectivity index (χ0) is 19.3. The lowest BCUT2D eigenvalue weighted by Crippen LogP contribution is -2.47. The average molecular weight is 400 g/mol. The van der Waals surface area contributed by atoms with Crippen LogP contribution in [0.3, 0.4) is 0 Å². The second kappa shape index (κ2) is 8.70. The van der Waals surface area contributed by atoms with Crippen molar-refractivity contribution >= 4 is 27.6 Å². The molecule has 0 amide bonds. The number of hydrogen-bond donors (Lipinski definition) is 0. The SMILES string of the molecule is COc1ccc2sn(CCCCN3CCN(c4ncccn4)CC3)c(=O)c2c1. The Bertz CT molecular complexity index is 964. The molecule has 7 nitrogen and oxygen atoms in total. The van der Waals surface area contributed by atoms with Crippen molar-refractivity contribution in [2.24, 2.45) is 0 Å². The highest BCUT2D eigenvalue weighted by Gasteiger charge is 2.18. The number of aryl methyl sites for hydroxylation is 1. The van der Waals surface area contributed by atoms with Gasteiger partial charge in [0.25, 0.3) is 5.56 Å². The fourth-order valence-corrected chi connectivity index (χ4v) is 4.55. The van der Waals surface area contributed by atoms with E-state index in [0.29, 0.717) is 0 Å².